The molecule has 84 valence electrons. The lowest BCUT2D eigenvalue weighted by molar-refractivity contribution is 0.144. The van der Waals surface area contributed by atoms with Crippen LogP contribution in [0.3, 0.4) is 0 Å². The maximum atomic E-state index is 9.98. The van der Waals surface area contributed by atoms with Gasteiger partial charge in [-0.1, -0.05) is 13.8 Å². The third-order valence-corrected chi connectivity index (χ3v) is 3.47. The first-order valence-corrected chi connectivity index (χ1v) is 5.81. The first kappa shape index (κ1) is 10.7. The van der Waals surface area contributed by atoms with Gasteiger partial charge < -0.3 is 5.11 Å². The van der Waals surface area contributed by atoms with Gasteiger partial charge in [0, 0.05) is 19.2 Å². The normalized spacial score (nSPS) is 26.7. The monoisotopic (exact) mass is 208 g/mol. The first-order chi connectivity index (χ1) is 7.11. The zero-order valence-electron chi connectivity index (χ0n) is 9.77. The van der Waals surface area contributed by atoms with Gasteiger partial charge in [0.25, 0.3) is 0 Å². The molecule has 0 aromatic carbocycles. The van der Waals surface area contributed by atoms with Crippen molar-refractivity contribution in [1.29, 1.82) is 0 Å². The van der Waals surface area contributed by atoms with E-state index in [4.69, 9.17) is 0 Å². The molecule has 0 aliphatic heterocycles. The third kappa shape index (κ3) is 2.23. The van der Waals surface area contributed by atoms with Crippen molar-refractivity contribution in [3.63, 3.8) is 0 Å². The average molecular weight is 208 g/mol. The molecule has 0 amide bonds. The Morgan fingerprint density at radius 3 is 2.80 bits per heavy atom. The number of aliphatic hydroxyl groups is 1. The highest BCUT2D eigenvalue weighted by atomic mass is 16.3. The number of rotatable bonds is 4. The second-order valence-corrected chi connectivity index (χ2v) is 4.75. The summed E-state index contributed by atoms with van der Waals surface area (Å²) in [5.74, 6) is 1.23. The van der Waals surface area contributed by atoms with Gasteiger partial charge >= 0.3 is 0 Å². The molecule has 3 nitrogen and oxygen atoms in total. The van der Waals surface area contributed by atoms with Gasteiger partial charge in [-0.3, -0.25) is 4.68 Å². The highest BCUT2D eigenvalue weighted by molar-refractivity contribution is 5.12. The summed E-state index contributed by atoms with van der Waals surface area (Å²) in [6, 6.07) is 2.11. The smallest absolute Gasteiger partial charge is 0.0626 e. The van der Waals surface area contributed by atoms with Crippen LogP contribution in [0.15, 0.2) is 6.07 Å². The van der Waals surface area contributed by atoms with Crippen LogP contribution in [-0.4, -0.2) is 21.0 Å². The van der Waals surface area contributed by atoms with E-state index in [9.17, 15) is 5.11 Å². The number of hydrogen-bond donors (Lipinski definition) is 1. The van der Waals surface area contributed by atoms with Gasteiger partial charge in [0.2, 0.25) is 0 Å². The zero-order chi connectivity index (χ0) is 11.0. The van der Waals surface area contributed by atoms with Gasteiger partial charge in [-0.2, -0.15) is 5.10 Å². The second-order valence-electron chi connectivity index (χ2n) is 4.75. The van der Waals surface area contributed by atoms with E-state index in [1.54, 1.807) is 0 Å². The minimum Gasteiger partial charge on any atom is -0.392 e. The number of aliphatic hydroxyl groups excluding tert-OH is 1. The Morgan fingerprint density at radius 2 is 2.33 bits per heavy atom. The van der Waals surface area contributed by atoms with Gasteiger partial charge in [0.15, 0.2) is 0 Å². The molecule has 0 radical (unpaired) electrons. The van der Waals surface area contributed by atoms with Crippen LogP contribution >= 0.6 is 0 Å². The lowest BCUT2D eigenvalue weighted by Crippen LogP contribution is -2.16. The molecule has 1 aliphatic carbocycles. The lowest BCUT2D eigenvalue weighted by atomic mass is 10.1. The zero-order valence-corrected chi connectivity index (χ0v) is 9.77. The molecule has 3 heteroatoms. The van der Waals surface area contributed by atoms with Gasteiger partial charge in [-0.25, -0.2) is 0 Å². The molecule has 0 spiro atoms. The van der Waals surface area contributed by atoms with Crippen molar-refractivity contribution in [3.8, 4) is 0 Å². The SMILES string of the molecule is CCc1cc(CC(O)C2CC2C)n(C)n1. The van der Waals surface area contributed by atoms with Gasteiger partial charge in [0.05, 0.1) is 11.8 Å². The molecular weight excluding hydrogens is 188 g/mol. The van der Waals surface area contributed by atoms with Crippen LogP contribution in [0.25, 0.3) is 0 Å². The van der Waals surface area contributed by atoms with Crippen LogP contribution in [0.1, 0.15) is 31.7 Å². The Bertz CT molecular complexity index is 345. The third-order valence-electron chi connectivity index (χ3n) is 3.47. The fraction of sp³-hybridized carbons (Fsp3) is 0.750. The summed E-state index contributed by atoms with van der Waals surface area (Å²) < 4.78 is 1.90. The molecule has 1 N–H and O–H groups in total. The molecule has 1 aliphatic rings. The Hall–Kier alpha value is -0.830. The minimum absolute atomic E-state index is 0.180. The van der Waals surface area contributed by atoms with Crippen molar-refractivity contribution in [1.82, 2.24) is 9.78 Å². The quantitative estimate of drug-likeness (QED) is 0.815. The second kappa shape index (κ2) is 3.97. The largest absolute Gasteiger partial charge is 0.392 e. The molecule has 1 fully saturated rings. The predicted molar refractivity (Wildman–Crippen MR) is 59.6 cm³/mol. The predicted octanol–water partition coefficient (Wildman–Crippen LogP) is 1.54. The number of aryl methyl sites for hydroxylation is 2. The number of nitrogens with zero attached hydrogens (tertiary/aromatic N) is 2. The van der Waals surface area contributed by atoms with E-state index in [2.05, 4.69) is 25.0 Å². The van der Waals surface area contributed by atoms with Crippen LogP contribution in [0.5, 0.6) is 0 Å². The molecule has 2 rings (SSSR count). The van der Waals surface area contributed by atoms with Crippen molar-refractivity contribution < 1.29 is 5.11 Å². The molecule has 3 atom stereocenters. The standard InChI is InChI=1S/C12H20N2O/c1-4-9-6-10(14(3)13-9)7-12(15)11-5-8(11)2/h6,8,11-12,15H,4-5,7H2,1-3H3. The van der Waals surface area contributed by atoms with E-state index in [0.717, 1.165) is 24.2 Å². The van der Waals surface area contributed by atoms with Crippen LogP contribution < -0.4 is 0 Å². The summed E-state index contributed by atoms with van der Waals surface area (Å²) >= 11 is 0. The average Bonchev–Trinajstić information content (AvgIpc) is 2.82. The number of aromatic nitrogens is 2. The molecule has 1 saturated carbocycles. The van der Waals surface area contributed by atoms with Crippen molar-refractivity contribution in [2.75, 3.05) is 0 Å². The molecule has 1 aromatic heterocycles. The van der Waals surface area contributed by atoms with Gasteiger partial charge in [0.1, 0.15) is 0 Å². The molecule has 1 aromatic rings. The Kier molecular flexibility index (Phi) is 2.83. The first-order valence-electron chi connectivity index (χ1n) is 5.81. The van der Waals surface area contributed by atoms with Crippen LogP contribution in [-0.2, 0) is 19.9 Å². The van der Waals surface area contributed by atoms with Crippen LogP contribution in [0.2, 0.25) is 0 Å². The highest BCUT2D eigenvalue weighted by Gasteiger charge is 2.38. The van der Waals surface area contributed by atoms with E-state index < -0.39 is 0 Å². The van der Waals surface area contributed by atoms with Crippen molar-refractivity contribution in [2.45, 2.75) is 39.2 Å². The van der Waals surface area contributed by atoms with Gasteiger partial charge in [-0.05, 0) is 30.7 Å². The summed E-state index contributed by atoms with van der Waals surface area (Å²) in [5, 5.41) is 14.4. The van der Waals surface area contributed by atoms with Crippen molar-refractivity contribution in [3.05, 3.63) is 17.5 Å². The Balaban J connectivity index is 2.00. The lowest BCUT2D eigenvalue weighted by Gasteiger charge is -2.09. The summed E-state index contributed by atoms with van der Waals surface area (Å²) in [4.78, 5) is 0. The van der Waals surface area contributed by atoms with E-state index in [-0.39, 0.29) is 6.10 Å². The van der Waals surface area contributed by atoms with E-state index in [1.807, 2.05) is 11.7 Å². The molecule has 0 saturated heterocycles. The van der Waals surface area contributed by atoms with Crippen LogP contribution in [0, 0.1) is 11.8 Å². The number of hydrogen-bond acceptors (Lipinski definition) is 2. The van der Waals surface area contributed by atoms with Crippen molar-refractivity contribution in [2.24, 2.45) is 18.9 Å². The maximum Gasteiger partial charge on any atom is 0.0626 e. The topological polar surface area (TPSA) is 38.0 Å². The maximum absolute atomic E-state index is 9.98. The van der Waals surface area contributed by atoms with Gasteiger partial charge in [-0.15, -0.1) is 0 Å². The fourth-order valence-electron chi connectivity index (χ4n) is 2.19. The summed E-state index contributed by atoms with van der Waals surface area (Å²) in [5.41, 5.74) is 2.27. The van der Waals surface area contributed by atoms with E-state index in [0.29, 0.717) is 11.8 Å². The molecule has 0 bridgehead atoms. The summed E-state index contributed by atoms with van der Waals surface area (Å²) in [6.07, 6.45) is 2.71. The molecule has 3 unspecified atom stereocenters. The van der Waals surface area contributed by atoms with Crippen LogP contribution in [0.4, 0.5) is 0 Å². The minimum atomic E-state index is -0.180. The van der Waals surface area contributed by atoms with E-state index >= 15 is 0 Å². The fourth-order valence-corrected chi connectivity index (χ4v) is 2.19. The molecular formula is C12H20N2O. The summed E-state index contributed by atoms with van der Waals surface area (Å²) in [7, 11) is 1.96. The molecule has 15 heavy (non-hydrogen) atoms. The van der Waals surface area contributed by atoms with E-state index in [1.165, 1.54) is 6.42 Å². The van der Waals surface area contributed by atoms with Crippen molar-refractivity contribution >= 4 is 0 Å². The molecule has 1 heterocycles. The highest BCUT2D eigenvalue weighted by Crippen LogP contribution is 2.41. The Labute approximate surface area is 91.1 Å². The Morgan fingerprint density at radius 1 is 1.67 bits per heavy atom. The summed E-state index contributed by atoms with van der Waals surface area (Å²) in [6.45, 7) is 4.31.